The molecule has 2 aromatic carbocycles. The maximum atomic E-state index is 12.1. The number of amides is 1. The number of aromatic hydroxyl groups is 1. The number of ether oxygens (including phenoxy) is 3. The minimum atomic E-state index is -0.826. The molecule has 27 heavy (non-hydrogen) atoms. The minimum Gasteiger partial charge on any atom is -0.506 e. The second kappa shape index (κ2) is 8.96. The summed E-state index contributed by atoms with van der Waals surface area (Å²) in [5.74, 6) is -1.01. The van der Waals surface area contributed by atoms with Crippen LogP contribution in [0.15, 0.2) is 28.7 Å². The van der Waals surface area contributed by atoms with Crippen molar-refractivity contribution in [3.8, 4) is 17.2 Å². The van der Waals surface area contributed by atoms with Gasteiger partial charge in [-0.3, -0.25) is 4.79 Å². The number of rotatable bonds is 6. The first-order valence-electron chi connectivity index (χ1n) is 7.64. The SMILES string of the molecule is COc1cc(NC(=O)COC(=O)c2cc(C)cc(Br)c2O)c(OC)cc1Cl. The number of aryl methyl sites for hydroxylation is 1. The maximum Gasteiger partial charge on any atom is 0.342 e. The molecule has 0 unspecified atom stereocenters. The van der Waals surface area contributed by atoms with Crippen molar-refractivity contribution in [3.05, 3.63) is 44.9 Å². The third-order valence-electron chi connectivity index (χ3n) is 3.51. The van der Waals surface area contributed by atoms with E-state index in [0.29, 0.717) is 26.7 Å². The number of methoxy groups -OCH3 is 2. The predicted molar refractivity (Wildman–Crippen MR) is 104 cm³/mol. The Morgan fingerprint density at radius 1 is 1.15 bits per heavy atom. The summed E-state index contributed by atoms with van der Waals surface area (Å²) in [6.45, 7) is 1.20. The Balaban J connectivity index is 2.08. The van der Waals surface area contributed by atoms with Crippen molar-refractivity contribution in [2.75, 3.05) is 26.1 Å². The quantitative estimate of drug-likeness (QED) is 0.637. The number of esters is 1. The molecule has 0 radical (unpaired) electrons. The van der Waals surface area contributed by atoms with E-state index in [2.05, 4.69) is 21.2 Å². The van der Waals surface area contributed by atoms with Crippen LogP contribution in [-0.2, 0) is 9.53 Å². The van der Waals surface area contributed by atoms with E-state index in [4.69, 9.17) is 25.8 Å². The van der Waals surface area contributed by atoms with Crippen LogP contribution < -0.4 is 14.8 Å². The summed E-state index contributed by atoms with van der Waals surface area (Å²) in [6, 6.07) is 6.10. The van der Waals surface area contributed by atoms with E-state index in [1.807, 2.05) is 0 Å². The fraction of sp³-hybridized carbons (Fsp3) is 0.222. The monoisotopic (exact) mass is 457 g/mol. The van der Waals surface area contributed by atoms with Crippen LogP contribution in [0.3, 0.4) is 0 Å². The highest BCUT2D eigenvalue weighted by Crippen LogP contribution is 2.36. The van der Waals surface area contributed by atoms with Crippen molar-refractivity contribution in [1.29, 1.82) is 0 Å². The standard InChI is InChI=1S/C18H17BrClNO6/c1-9-4-10(17(23)11(19)5-9)18(24)27-8-16(22)21-13-7-14(25-2)12(20)6-15(13)26-3/h4-7,23H,8H2,1-3H3,(H,21,22). The number of carbonyl (C=O) groups is 2. The molecule has 144 valence electrons. The van der Waals surface area contributed by atoms with Gasteiger partial charge in [-0.25, -0.2) is 4.79 Å². The van der Waals surface area contributed by atoms with Gasteiger partial charge in [-0.1, -0.05) is 11.6 Å². The third-order valence-corrected chi connectivity index (χ3v) is 4.41. The molecule has 0 saturated heterocycles. The fourth-order valence-corrected chi connectivity index (χ4v) is 3.05. The molecule has 0 aliphatic carbocycles. The van der Waals surface area contributed by atoms with E-state index in [0.717, 1.165) is 5.56 Å². The van der Waals surface area contributed by atoms with Gasteiger partial charge in [0.05, 0.1) is 29.4 Å². The number of benzene rings is 2. The first kappa shape index (κ1) is 20.9. The zero-order chi connectivity index (χ0) is 20.1. The molecule has 0 atom stereocenters. The topological polar surface area (TPSA) is 94.1 Å². The summed E-state index contributed by atoms with van der Waals surface area (Å²) in [4.78, 5) is 24.3. The molecule has 2 N–H and O–H groups in total. The summed E-state index contributed by atoms with van der Waals surface area (Å²) >= 11 is 9.16. The molecule has 7 nitrogen and oxygen atoms in total. The lowest BCUT2D eigenvalue weighted by Crippen LogP contribution is -2.21. The summed E-state index contributed by atoms with van der Waals surface area (Å²) in [5.41, 5.74) is 1.01. The molecule has 0 saturated carbocycles. The van der Waals surface area contributed by atoms with E-state index in [1.54, 1.807) is 13.0 Å². The molecule has 0 aliphatic heterocycles. The molecular weight excluding hydrogens is 442 g/mol. The highest BCUT2D eigenvalue weighted by molar-refractivity contribution is 9.10. The Bertz CT molecular complexity index is 887. The second-order valence-corrected chi connectivity index (χ2v) is 6.72. The van der Waals surface area contributed by atoms with Crippen LogP contribution in [0.5, 0.6) is 17.2 Å². The number of hydrogen-bond acceptors (Lipinski definition) is 6. The van der Waals surface area contributed by atoms with Gasteiger partial charge in [-0.2, -0.15) is 0 Å². The molecule has 2 rings (SSSR count). The number of phenols is 1. The normalized spacial score (nSPS) is 10.3. The van der Waals surface area contributed by atoms with Crippen molar-refractivity contribution in [2.45, 2.75) is 6.92 Å². The molecule has 9 heteroatoms. The van der Waals surface area contributed by atoms with Gasteiger partial charge in [0.25, 0.3) is 5.91 Å². The zero-order valence-corrected chi connectivity index (χ0v) is 17.1. The fourth-order valence-electron chi connectivity index (χ4n) is 2.24. The Kier molecular flexibility index (Phi) is 6.92. The van der Waals surface area contributed by atoms with E-state index in [9.17, 15) is 14.7 Å². The lowest BCUT2D eigenvalue weighted by atomic mass is 10.1. The van der Waals surface area contributed by atoms with Gasteiger partial charge >= 0.3 is 5.97 Å². The number of halogens is 2. The number of nitrogens with one attached hydrogen (secondary N) is 1. The van der Waals surface area contributed by atoms with Crippen LogP contribution in [0.1, 0.15) is 15.9 Å². The summed E-state index contributed by atoms with van der Waals surface area (Å²) in [5, 5.41) is 12.8. The highest BCUT2D eigenvalue weighted by atomic mass is 79.9. The number of phenolic OH excluding ortho intramolecular Hbond substituents is 1. The average Bonchev–Trinajstić information content (AvgIpc) is 2.63. The molecule has 0 aromatic heterocycles. The van der Waals surface area contributed by atoms with Crippen LogP contribution in [0.2, 0.25) is 5.02 Å². The van der Waals surface area contributed by atoms with E-state index in [-0.39, 0.29) is 11.3 Å². The van der Waals surface area contributed by atoms with Gasteiger partial charge < -0.3 is 24.6 Å². The molecule has 0 bridgehead atoms. The smallest absolute Gasteiger partial charge is 0.342 e. The summed E-state index contributed by atoms with van der Waals surface area (Å²) in [7, 11) is 2.86. The van der Waals surface area contributed by atoms with Crippen LogP contribution in [0.25, 0.3) is 0 Å². The molecule has 0 heterocycles. The molecule has 0 aliphatic rings. The average molecular weight is 459 g/mol. The third kappa shape index (κ3) is 5.05. The largest absolute Gasteiger partial charge is 0.506 e. The van der Waals surface area contributed by atoms with E-state index in [1.165, 1.54) is 32.4 Å². The Morgan fingerprint density at radius 3 is 2.44 bits per heavy atom. The lowest BCUT2D eigenvalue weighted by Gasteiger charge is -2.13. The zero-order valence-electron chi connectivity index (χ0n) is 14.8. The summed E-state index contributed by atoms with van der Waals surface area (Å²) < 4.78 is 15.6. The Morgan fingerprint density at radius 2 is 1.81 bits per heavy atom. The first-order valence-corrected chi connectivity index (χ1v) is 8.81. The summed E-state index contributed by atoms with van der Waals surface area (Å²) in [6.07, 6.45) is 0. The minimum absolute atomic E-state index is 0.0413. The van der Waals surface area contributed by atoms with Crippen molar-refractivity contribution < 1.29 is 28.9 Å². The van der Waals surface area contributed by atoms with Gasteiger partial charge in [0.2, 0.25) is 0 Å². The lowest BCUT2D eigenvalue weighted by molar-refractivity contribution is -0.119. The van der Waals surface area contributed by atoms with Gasteiger partial charge in [0.15, 0.2) is 6.61 Å². The van der Waals surface area contributed by atoms with Gasteiger partial charge in [-0.15, -0.1) is 0 Å². The van der Waals surface area contributed by atoms with Crippen LogP contribution in [-0.4, -0.2) is 37.8 Å². The van der Waals surface area contributed by atoms with Crippen LogP contribution >= 0.6 is 27.5 Å². The Labute approximate surface area is 169 Å². The van der Waals surface area contributed by atoms with Crippen molar-refractivity contribution in [2.24, 2.45) is 0 Å². The maximum absolute atomic E-state index is 12.1. The Hall–Kier alpha value is -2.45. The van der Waals surface area contributed by atoms with Crippen LogP contribution in [0, 0.1) is 6.92 Å². The first-order chi connectivity index (χ1) is 12.8. The van der Waals surface area contributed by atoms with E-state index >= 15 is 0 Å². The van der Waals surface area contributed by atoms with Crippen molar-refractivity contribution >= 4 is 45.1 Å². The number of hydrogen-bond donors (Lipinski definition) is 2. The highest BCUT2D eigenvalue weighted by Gasteiger charge is 2.18. The van der Waals surface area contributed by atoms with Gasteiger partial charge in [0, 0.05) is 12.1 Å². The number of carbonyl (C=O) groups excluding carboxylic acids is 2. The predicted octanol–water partition coefficient (Wildman–Crippen LogP) is 3.93. The number of anilines is 1. The molecule has 0 spiro atoms. The second-order valence-electron chi connectivity index (χ2n) is 5.45. The van der Waals surface area contributed by atoms with E-state index < -0.39 is 18.5 Å². The van der Waals surface area contributed by atoms with Crippen LogP contribution in [0.4, 0.5) is 5.69 Å². The van der Waals surface area contributed by atoms with Crippen molar-refractivity contribution in [3.63, 3.8) is 0 Å². The molecule has 1 amide bonds. The molecule has 2 aromatic rings. The molecular formula is C18H17BrClNO6. The van der Waals surface area contributed by atoms with Gasteiger partial charge in [-0.05, 0) is 40.5 Å². The van der Waals surface area contributed by atoms with Crippen molar-refractivity contribution in [1.82, 2.24) is 0 Å². The molecule has 0 fully saturated rings. The van der Waals surface area contributed by atoms with Gasteiger partial charge in [0.1, 0.15) is 22.8 Å².